The van der Waals surface area contributed by atoms with Crippen LogP contribution in [0.2, 0.25) is 0 Å². The van der Waals surface area contributed by atoms with Crippen LogP contribution in [0, 0.1) is 46.3 Å². The first-order valence-corrected chi connectivity index (χ1v) is 12.9. The van der Waals surface area contributed by atoms with E-state index < -0.39 is 29.1 Å². The van der Waals surface area contributed by atoms with Gasteiger partial charge in [0.25, 0.3) is 12.9 Å². The van der Waals surface area contributed by atoms with Crippen molar-refractivity contribution in [3.63, 3.8) is 0 Å². The van der Waals surface area contributed by atoms with Crippen LogP contribution in [0.25, 0.3) is 0 Å². The molecule has 4 saturated carbocycles. The summed E-state index contributed by atoms with van der Waals surface area (Å²) in [5.41, 5.74) is -1.18. The molecule has 4 aliphatic rings. The van der Waals surface area contributed by atoms with Gasteiger partial charge in [0.15, 0.2) is 0 Å². The average Bonchev–Trinajstić information content (AvgIpc) is 3.13. The molecule has 0 radical (unpaired) electrons. The third-order valence-corrected chi connectivity index (χ3v) is 11.0. The van der Waals surface area contributed by atoms with Crippen molar-refractivity contribution in [2.24, 2.45) is 46.3 Å². The first-order chi connectivity index (χ1) is 16.3. The summed E-state index contributed by atoms with van der Waals surface area (Å²) < 4.78 is 10.6. The van der Waals surface area contributed by atoms with Gasteiger partial charge >= 0.3 is 5.97 Å². The second-order valence-electron chi connectivity index (χ2n) is 12.2. The molecule has 4 aliphatic carbocycles. The van der Waals surface area contributed by atoms with Crippen molar-refractivity contribution in [2.45, 2.75) is 96.2 Å². The maximum absolute atomic E-state index is 12.0. The number of carbonyl (C=O) groups is 3. The first-order valence-electron chi connectivity index (χ1n) is 12.9. The molecule has 0 spiro atoms. The van der Waals surface area contributed by atoms with E-state index in [-0.39, 0.29) is 73.1 Å². The van der Waals surface area contributed by atoms with Crippen LogP contribution in [-0.2, 0) is 23.9 Å². The Morgan fingerprint density at radius 1 is 1.06 bits per heavy atom. The third kappa shape index (κ3) is 3.98. The van der Waals surface area contributed by atoms with Crippen LogP contribution >= 0.6 is 0 Å². The normalized spacial score (nSPS) is 49.7. The van der Waals surface area contributed by atoms with Gasteiger partial charge < -0.3 is 29.9 Å². The Morgan fingerprint density at radius 3 is 2.37 bits per heavy atom. The average molecular weight is 497 g/mol. The zero-order chi connectivity index (χ0) is 25.8. The molecule has 4 fully saturated rings. The zero-order valence-electron chi connectivity index (χ0n) is 20.9. The number of carbonyl (C=O) groups excluding carboxylic acids is 2. The maximum atomic E-state index is 12.0. The van der Waals surface area contributed by atoms with E-state index in [1.54, 1.807) is 0 Å². The van der Waals surface area contributed by atoms with Gasteiger partial charge in [0.1, 0.15) is 0 Å². The van der Waals surface area contributed by atoms with E-state index in [1.807, 2.05) is 13.8 Å². The van der Waals surface area contributed by atoms with Gasteiger partial charge in [-0.1, -0.05) is 20.8 Å². The SMILES string of the molecule is C[C@H](CCC(=O)O)[C@H]1CC[C@H]2[C@@H]3[C@H](O)C[C@@H]4C[C@](O)(OC=O)CC[C@]4(C)[C@H]3C[C@](O)(OC=O)[C@]12C. The molecule has 198 valence electrons. The van der Waals surface area contributed by atoms with Crippen LogP contribution in [0.1, 0.15) is 78.6 Å². The lowest BCUT2D eigenvalue weighted by molar-refractivity contribution is -0.332. The van der Waals surface area contributed by atoms with Gasteiger partial charge in [-0.3, -0.25) is 14.4 Å². The second kappa shape index (κ2) is 8.99. The number of aliphatic carboxylic acids is 1. The van der Waals surface area contributed by atoms with Crippen molar-refractivity contribution in [2.75, 3.05) is 0 Å². The molecule has 0 bridgehead atoms. The van der Waals surface area contributed by atoms with Gasteiger partial charge in [-0.15, -0.1) is 0 Å². The zero-order valence-corrected chi connectivity index (χ0v) is 20.9. The molecule has 35 heavy (non-hydrogen) atoms. The molecule has 0 saturated heterocycles. The standard InChI is InChI=1S/C26H40O9/c1-15(4-7-21(30)31)17-5-6-18-22-19(12-26(33,35-14-28)24(17,18)3)23(2)8-9-25(32,34-13-27)11-16(23)10-20(22)29/h13-20,22,29,32-33H,4-12H2,1-3H3,(H,30,31)/t15-,16-,17-,18+,19+,20-,22+,23+,24-,25-,26+/m1/s1. The highest BCUT2D eigenvalue weighted by molar-refractivity contribution is 5.66. The van der Waals surface area contributed by atoms with E-state index in [2.05, 4.69) is 6.92 Å². The number of ether oxygens (including phenoxy) is 2. The molecular formula is C26H40O9. The maximum Gasteiger partial charge on any atom is 0.303 e. The second-order valence-corrected chi connectivity index (χ2v) is 12.2. The van der Waals surface area contributed by atoms with Gasteiger partial charge in [0.05, 0.1) is 6.10 Å². The summed E-state index contributed by atoms with van der Waals surface area (Å²) in [6.45, 7) is 6.63. The van der Waals surface area contributed by atoms with Crippen molar-refractivity contribution in [3.05, 3.63) is 0 Å². The molecular weight excluding hydrogens is 456 g/mol. The summed E-state index contributed by atoms with van der Waals surface area (Å²) in [4.78, 5) is 33.8. The Bertz CT molecular complexity index is 849. The van der Waals surface area contributed by atoms with Gasteiger partial charge in [0, 0.05) is 31.1 Å². The van der Waals surface area contributed by atoms with Gasteiger partial charge in [-0.2, -0.15) is 0 Å². The molecule has 0 amide bonds. The van der Waals surface area contributed by atoms with Gasteiger partial charge in [-0.05, 0) is 73.0 Å². The first kappa shape index (κ1) is 26.4. The van der Waals surface area contributed by atoms with E-state index in [0.29, 0.717) is 25.7 Å². The number of aliphatic hydroxyl groups is 3. The minimum Gasteiger partial charge on any atom is -0.481 e. The molecule has 9 nitrogen and oxygen atoms in total. The molecule has 11 atom stereocenters. The monoisotopic (exact) mass is 496 g/mol. The lowest BCUT2D eigenvalue weighted by atomic mass is 9.42. The van der Waals surface area contributed by atoms with Crippen molar-refractivity contribution >= 4 is 18.9 Å². The summed E-state index contributed by atoms with van der Waals surface area (Å²) in [5.74, 6) is -4.76. The molecule has 0 aromatic carbocycles. The summed E-state index contributed by atoms with van der Waals surface area (Å²) in [7, 11) is 0. The van der Waals surface area contributed by atoms with Crippen molar-refractivity contribution in [1.82, 2.24) is 0 Å². The lowest BCUT2D eigenvalue weighted by Gasteiger charge is -2.66. The highest BCUT2D eigenvalue weighted by Crippen LogP contribution is 2.71. The number of aliphatic hydroxyl groups excluding tert-OH is 1. The Morgan fingerprint density at radius 2 is 1.74 bits per heavy atom. The third-order valence-electron chi connectivity index (χ3n) is 11.0. The minimum absolute atomic E-state index is 0.00586. The van der Waals surface area contributed by atoms with E-state index in [9.17, 15) is 34.8 Å². The molecule has 4 N–H and O–H groups in total. The quantitative estimate of drug-likeness (QED) is 0.293. The van der Waals surface area contributed by atoms with E-state index >= 15 is 0 Å². The van der Waals surface area contributed by atoms with E-state index in [0.717, 1.165) is 12.8 Å². The lowest BCUT2D eigenvalue weighted by Crippen LogP contribution is -2.68. The van der Waals surface area contributed by atoms with Crippen LogP contribution in [0.5, 0.6) is 0 Å². The van der Waals surface area contributed by atoms with Gasteiger partial charge in [0.2, 0.25) is 11.6 Å². The molecule has 4 rings (SSSR count). The Balaban J connectivity index is 1.70. The molecule has 0 unspecified atom stereocenters. The molecule has 0 aliphatic heterocycles. The van der Waals surface area contributed by atoms with Crippen LogP contribution < -0.4 is 0 Å². The Kier molecular flexibility index (Phi) is 6.77. The fraction of sp³-hybridized carbons (Fsp3) is 0.885. The summed E-state index contributed by atoms with van der Waals surface area (Å²) in [6, 6.07) is 0. The topological polar surface area (TPSA) is 151 Å². The van der Waals surface area contributed by atoms with Crippen molar-refractivity contribution in [3.8, 4) is 0 Å². The smallest absolute Gasteiger partial charge is 0.303 e. The van der Waals surface area contributed by atoms with E-state index in [1.165, 1.54) is 0 Å². The van der Waals surface area contributed by atoms with Gasteiger partial charge in [-0.25, -0.2) is 0 Å². The molecule has 0 heterocycles. The number of fused-ring (bicyclic) bond motifs is 5. The molecule has 9 heteroatoms. The summed E-state index contributed by atoms with van der Waals surface area (Å²) in [6.07, 6.45) is 2.99. The number of carboxylic acid groups (broad SMARTS) is 1. The Labute approximate surface area is 206 Å². The van der Waals surface area contributed by atoms with Crippen molar-refractivity contribution in [1.29, 1.82) is 0 Å². The van der Waals surface area contributed by atoms with Crippen LogP contribution in [0.4, 0.5) is 0 Å². The predicted octanol–water partition coefficient (Wildman–Crippen LogP) is 2.45. The molecule has 0 aromatic rings. The van der Waals surface area contributed by atoms with Crippen molar-refractivity contribution < 1.29 is 44.3 Å². The summed E-state index contributed by atoms with van der Waals surface area (Å²) >= 11 is 0. The number of rotatable bonds is 8. The van der Waals surface area contributed by atoms with Crippen LogP contribution in [0.15, 0.2) is 0 Å². The number of carboxylic acids is 1. The fourth-order valence-electron chi connectivity index (χ4n) is 9.11. The highest BCUT2D eigenvalue weighted by atomic mass is 16.7. The van der Waals surface area contributed by atoms with E-state index in [4.69, 9.17) is 9.47 Å². The number of hydrogen-bond donors (Lipinski definition) is 4. The largest absolute Gasteiger partial charge is 0.481 e. The fourth-order valence-corrected chi connectivity index (χ4v) is 9.11. The summed E-state index contributed by atoms with van der Waals surface area (Å²) in [5, 5.41) is 43.5. The van der Waals surface area contributed by atoms with Crippen LogP contribution in [0.3, 0.4) is 0 Å². The molecule has 0 aromatic heterocycles. The van der Waals surface area contributed by atoms with Crippen LogP contribution in [-0.4, -0.2) is 57.0 Å². The highest BCUT2D eigenvalue weighted by Gasteiger charge is 2.72. The predicted molar refractivity (Wildman–Crippen MR) is 122 cm³/mol. The Hall–Kier alpha value is -1.71. The number of hydrogen-bond acceptors (Lipinski definition) is 8. The minimum atomic E-state index is -1.75.